The van der Waals surface area contributed by atoms with Gasteiger partial charge in [0.05, 0.1) is 6.61 Å². The summed E-state index contributed by atoms with van der Waals surface area (Å²) in [5, 5.41) is 11.9. The Labute approximate surface area is 110 Å². The fourth-order valence-electron chi connectivity index (χ4n) is 1.76. The number of aliphatic hydroxyl groups is 1. The van der Waals surface area contributed by atoms with E-state index < -0.39 is 12.7 Å². The van der Waals surface area contributed by atoms with Crippen molar-refractivity contribution in [2.45, 2.75) is 19.1 Å². The lowest BCUT2D eigenvalue weighted by Crippen LogP contribution is -2.38. The zero-order chi connectivity index (χ0) is 14.5. The summed E-state index contributed by atoms with van der Waals surface area (Å²) in [5.41, 5.74) is 0.669. The Kier molecular flexibility index (Phi) is 5.56. The molecule has 4 nitrogen and oxygen atoms in total. The Morgan fingerprint density at radius 1 is 1.47 bits per heavy atom. The van der Waals surface area contributed by atoms with Crippen LogP contribution in [0.3, 0.4) is 0 Å². The van der Waals surface area contributed by atoms with E-state index in [1.807, 2.05) is 6.92 Å². The van der Waals surface area contributed by atoms with Crippen LogP contribution in [0.15, 0.2) is 18.3 Å². The highest BCUT2D eigenvalue weighted by Gasteiger charge is 2.32. The molecule has 0 radical (unpaired) electrons. The van der Waals surface area contributed by atoms with Crippen molar-refractivity contribution in [3.05, 3.63) is 23.9 Å². The number of nitrogens with zero attached hydrogens (tertiary/aromatic N) is 2. The second-order valence-corrected chi connectivity index (χ2v) is 4.19. The van der Waals surface area contributed by atoms with Gasteiger partial charge in [0, 0.05) is 24.3 Å². The van der Waals surface area contributed by atoms with Gasteiger partial charge in [0.15, 0.2) is 0 Å². The maximum absolute atomic E-state index is 12.6. The van der Waals surface area contributed by atoms with Gasteiger partial charge in [0.1, 0.15) is 12.4 Å². The first kappa shape index (κ1) is 15.7. The van der Waals surface area contributed by atoms with Gasteiger partial charge < -0.3 is 15.3 Å². The number of halogens is 3. The summed E-state index contributed by atoms with van der Waals surface area (Å²) < 4.78 is 37.7. The van der Waals surface area contributed by atoms with Crippen LogP contribution in [-0.2, 0) is 0 Å². The molecule has 1 atom stereocenters. The summed E-state index contributed by atoms with van der Waals surface area (Å²) in [6, 6.07) is 3.28. The lowest BCUT2D eigenvalue weighted by Gasteiger charge is -2.27. The van der Waals surface area contributed by atoms with Crippen molar-refractivity contribution in [3.63, 3.8) is 0 Å². The Morgan fingerprint density at radius 2 is 2.16 bits per heavy atom. The molecule has 1 rings (SSSR count). The third-order valence-electron chi connectivity index (χ3n) is 2.76. The third kappa shape index (κ3) is 4.68. The van der Waals surface area contributed by atoms with Crippen LogP contribution in [0.25, 0.3) is 0 Å². The van der Waals surface area contributed by atoms with Crippen LogP contribution in [0.4, 0.5) is 19.0 Å². The van der Waals surface area contributed by atoms with Crippen molar-refractivity contribution in [3.8, 4) is 0 Å². The van der Waals surface area contributed by atoms with E-state index in [-0.39, 0.29) is 25.0 Å². The molecule has 0 saturated carbocycles. The van der Waals surface area contributed by atoms with Gasteiger partial charge in [-0.15, -0.1) is 0 Å². The molecule has 0 spiro atoms. The van der Waals surface area contributed by atoms with Crippen LogP contribution in [0.2, 0.25) is 0 Å². The number of rotatable bonds is 6. The largest absolute Gasteiger partial charge is 0.405 e. The van der Waals surface area contributed by atoms with Crippen molar-refractivity contribution < 1.29 is 18.3 Å². The molecule has 1 aromatic rings. The van der Waals surface area contributed by atoms with Gasteiger partial charge in [-0.1, -0.05) is 6.07 Å². The fourth-order valence-corrected chi connectivity index (χ4v) is 1.76. The maximum Gasteiger partial charge on any atom is 0.405 e. The summed E-state index contributed by atoms with van der Waals surface area (Å²) in [6.07, 6.45) is -2.89. The van der Waals surface area contributed by atoms with E-state index >= 15 is 0 Å². The van der Waals surface area contributed by atoms with Crippen LogP contribution in [0.5, 0.6) is 0 Å². The molecule has 0 amide bonds. The summed E-state index contributed by atoms with van der Waals surface area (Å²) >= 11 is 0. The Balaban J connectivity index is 3.08. The number of aliphatic hydroxyl groups excluding tert-OH is 1. The lowest BCUT2D eigenvalue weighted by molar-refractivity contribution is -0.120. The molecule has 0 aromatic carbocycles. The molecule has 0 saturated heterocycles. The fraction of sp³-hybridized carbons (Fsp3) is 0.583. The second-order valence-electron chi connectivity index (χ2n) is 4.19. The average molecular weight is 277 g/mol. The smallest absolute Gasteiger partial charge is 0.395 e. The SMILES string of the molecule is CNC(C)c1cccnc1N(CCO)CC(F)(F)F. The zero-order valence-corrected chi connectivity index (χ0v) is 10.9. The molecule has 1 aromatic heterocycles. The molecule has 1 heterocycles. The molecular formula is C12H18F3N3O. The van der Waals surface area contributed by atoms with Crippen LogP contribution in [0, 0.1) is 0 Å². The summed E-state index contributed by atoms with van der Waals surface area (Å²) in [4.78, 5) is 5.07. The number of alkyl halides is 3. The molecule has 7 heteroatoms. The van der Waals surface area contributed by atoms with Gasteiger partial charge in [0.25, 0.3) is 0 Å². The maximum atomic E-state index is 12.6. The monoisotopic (exact) mass is 277 g/mol. The van der Waals surface area contributed by atoms with Crippen LogP contribution < -0.4 is 10.2 Å². The molecule has 0 aliphatic carbocycles. The van der Waals surface area contributed by atoms with E-state index in [0.29, 0.717) is 5.56 Å². The van der Waals surface area contributed by atoms with E-state index in [9.17, 15) is 13.2 Å². The molecule has 0 bridgehead atoms. The van der Waals surface area contributed by atoms with Gasteiger partial charge in [-0.25, -0.2) is 4.98 Å². The van der Waals surface area contributed by atoms with E-state index in [4.69, 9.17) is 5.11 Å². The average Bonchev–Trinajstić information content (AvgIpc) is 2.36. The van der Waals surface area contributed by atoms with Crippen LogP contribution in [-0.4, -0.2) is 43.0 Å². The summed E-state index contributed by atoms with van der Waals surface area (Å²) in [6.45, 7) is 0.235. The first-order chi connectivity index (χ1) is 8.89. The molecule has 0 aliphatic heterocycles. The molecule has 19 heavy (non-hydrogen) atoms. The number of anilines is 1. The highest BCUT2D eigenvalue weighted by molar-refractivity contribution is 5.48. The van der Waals surface area contributed by atoms with E-state index in [1.54, 1.807) is 19.2 Å². The van der Waals surface area contributed by atoms with Gasteiger partial charge in [-0.3, -0.25) is 0 Å². The van der Waals surface area contributed by atoms with Gasteiger partial charge >= 0.3 is 6.18 Å². The standard InChI is InChI=1S/C12H18F3N3O/c1-9(16-2)10-4-3-5-17-11(10)18(6-7-19)8-12(13,14)15/h3-5,9,16,19H,6-8H2,1-2H3. The topological polar surface area (TPSA) is 48.4 Å². The normalized spacial score (nSPS) is 13.4. The van der Waals surface area contributed by atoms with Crippen molar-refractivity contribution in [2.75, 3.05) is 31.6 Å². The third-order valence-corrected chi connectivity index (χ3v) is 2.76. The van der Waals surface area contributed by atoms with E-state index in [2.05, 4.69) is 10.3 Å². The highest BCUT2D eigenvalue weighted by atomic mass is 19.4. The Hall–Kier alpha value is -1.34. The van der Waals surface area contributed by atoms with Gasteiger partial charge in [-0.05, 0) is 20.0 Å². The predicted molar refractivity (Wildman–Crippen MR) is 67.1 cm³/mol. The summed E-state index contributed by atoms with van der Waals surface area (Å²) in [7, 11) is 1.72. The van der Waals surface area contributed by atoms with Crippen LogP contribution in [0.1, 0.15) is 18.5 Å². The molecule has 1 unspecified atom stereocenters. The Morgan fingerprint density at radius 3 is 2.68 bits per heavy atom. The highest BCUT2D eigenvalue weighted by Crippen LogP contribution is 2.26. The number of nitrogens with one attached hydrogen (secondary N) is 1. The van der Waals surface area contributed by atoms with Crippen molar-refractivity contribution in [2.24, 2.45) is 0 Å². The molecular weight excluding hydrogens is 259 g/mol. The number of hydrogen-bond acceptors (Lipinski definition) is 4. The molecule has 2 N–H and O–H groups in total. The van der Waals surface area contributed by atoms with E-state index in [0.717, 1.165) is 4.90 Å². The minimum Gasteiger partial charge on any atom is -0.395 e. The lowest BCUT2D eigenvalue weighted by atomic mass is 10.1. The molecule has 0 aliphatic rings. The van der Waals surface area contributed by atoms with Crippen molar-refractivity contribution in [1.82, 2.24) is 10.3 Å². The minimum absolute atomic E-state index is 0.111. The number of pyridine rings is 1. The first-order valence-corrected chi connectivity index (χ1v) is 5.93. The second kappa shape index (κ2) is 6.72. The molecule has 0 fully saturated rings. The number of aromatic nitrogens is 1. The van der Waals surface area contributed by atoms with Gasteiger partial charge in [0.2, 0.25) is 0 Å². The predicted octanol–water partition coefficient (Wildman–Crippen LogP) is 1.72. The Bertz CT molecular complexity index is 398. The quantitative estimate of drug-likeness (QED) is 0.831. The van der Waals surface area contributed by atoms with Crippen molar-refractivity contribution in [1.29, 1.82) is 0 Å². The zero-order valence-electron chi connectivity index (χ0n) is 10.9. The van der Waals surface area contributed by atoms with E-state index in [1.165, 1.54) is 6.20 Å². The van der Waals surface area contributed by atoms with Crippen LogP contribution >= 0.6 is 0 Å². The number of hydrogen-bond donors (Lipinski definition) is 2. The van der Waals surface area contributed by atoms with Crippen molar-refractivity contribution >= 4 is 5.82 Å². The summed E-state index contributed by atoms with van der Waals surface area (Å²) in [5.74, 6) is 0.246. The first-order valence-electron chi connectivity index (χ1n) is 5.93. The molecule has 108 valence electrons. The van der Waals surface area contributed by atoms with Gasteiger partial charge in [-0.2, -0.15) is 13.2 Å². The minimum atomic E-state index is -4.34.